The van der Waals surface area contributed by atoms with Crippen molar-refractivity contribution in [3.05, 3.63) is 45.5 Å². The Morgan fingerprint density at radius 2 is 2.14 bits per heavy atom. The molecule has 112 valence electrons. The smallest absolute Gasteiger partial charge is 0.338 e. The molecule has 21 heavy (non-hydrogen) atoms. The summed E-state index contributed by atoms with van der Waals surface area (Å²) >= 11 is 0. The topological polar surface area (TPSA) is 98.5 Å². The van der Waals surface area contributed by atoms with Gasteiger partial charge in [0.25, 0.3) is 5.69 Å². The number of hydrogen-bond donors (Lipinski definition) is 1. The van der Waals surface area contributed by atoms with Gasteiger partial charge in [-0.3, -0.25) is 14.9 Å². The molecule has 0 fully saturated rings. The van der Waals surface area contributed by atoms with Gasteiger partial charge in [0.15, 0.2) is 0 Å². The van der Waals surface area contributed by atoms with Crippen LogP contribution in [0.1, 0.15) is 29.3 Å². The Labute approximate surface area is 121 Å². The van der Waals surface area contributed by atoms with Gasteiger partial charge in [0.05, 0.1) is 17.6 Å². The van der Waals surface area contributed by atoms with E-state index >= 15 is 0 Å². The highest BCUT2D eigenvalue weighted by Crippen LogP contribution is 2.20. The summed E-state index contributed by atoms with van der Waals surface area (Å²) in [4.78, 5) is 32.5. The maximum Gasteiger partial charge on any atom is 0.338 e. The van der Waals surface area contributed by atoms with Gasteiger partial charge in [-0.2, -0.15) is 0 Å². The fourth-order valence-electron chi connectivity index (χ4n) is 1.63. The van der Waals surface area contributed by atoms with E-state index in [4.69, 9.17) is 0 Å². The SMILES string of the molecule is COC(=O)c1cc([N+](=O)[O-])ccc1C=CCCNC(C)=O. The van der Waals surface area contributed by atoms with Crippen LogP contribution < -0.4 is 5.32 Å². The van der Waals surface area contributed by atoms with E-state index in [-0.39, 0.29) is 17.2 Å². The number of carbonyl (C=O) groups excluding carboxylic acids is 2. The highest BCUT2D eigenvalue weighted by atomic mass is 16.6. The molecule has 0 bridgehead atoms. The number of hydrogen-bond acceptors (Lipinski definition) is 5. The molecule has 0 aliphatic rings. The Kier molecular flexibility index (Phi) is 6.06. The number of ether oxygens (including phenoxy) is 1. The van der Waals surface area contributed by atoms with Crippen LogP contribution in [0, 0.1) is 10.1 Å². The average molecular weight is 292 g/mol. The van der Waals surface area contributed by atoms with Crippen LogP contribution in [0.3, 0.4) is 0 Å². The molecule has 1 rings (SSSR count). The number of nitro benzene ring substituents is 1. The monoisotopic (exact) mass is 292 g/mol. The van der Waals surface area contributed by atoms with Crippen LogP contribution in [-0.2, 0) is 9.53 Å². The lowest BCUT2D eigenvalue weighted by Gasteiger charge is -2.04. The van der Waals surface area contributed by atoms with Crippen LogP contribution in [0.25, 0.3) is 6.08 Å². The van der Waals surface area contributed by atoms with Crippen molar-refractivity contribution in [2.75, 3.05) is 13.7 Å². The van der Waals surface area contributed by atoms with Crippen molar-refractivity contribution in [3.8, 4) is 0 Å². The molecule has 0 spiro atoms. The van der Waals surface area contributed by atoms with Crippen LogP contribution in [-0.4, -0.2) is 30.5 Å². The summed E-state index contributed by atoms with van der Waals surface area (Å²) in [5.41, 5.74) is 0.476. The maximum atomic E-state index is 11.7. The third-order valence-corrected chi connectivity index (χ3v) is 2.64. The van der Waals surface area contributed by atoms with Crippen LogP contribution in [0.5, 0.6) is 0 Å². The minimum Gasteiger partial charge on any atom is -0.465 e. The normalized spacial score (nSPS) is 10.4. The van der Waals surface area contributed by atoms with Crippen molar-refractivity contribution in [2.45, 2.75) is 13.3 Å². The molecule has 0 aliphatic carbocycles. The molecule has 1 aromatic carbocycles. The van der Waals surface area contributed by atoms with Crippen LogP contribution in [0.4, 0.5) is 5.69 Å². The maximum absolute atomic E-state index is 11.7. The van der Waals surface area contributed by atoms with Crippen molar-refractivity contribution in [1.82, 2.24) is 5.32 Å². The lowest BCUT2D eigenvalue weighted by atomic mass is 10.1. The number of carbonyl (C=O) groups is 2. The predicted octanol–water partition coefficient (Wildman–Crippen LogP) is 1.92. The number of esters is 1. The zero-order valence-electron chi connectivity index (χ0n) is 11.8. The summed E-state index contributed by atoms with van der Waals surface area (Å²) in [6.45, 7) is 1.90. The Balaban J connectivity index is 2.90. The first kappa shape index (κ1) is 16.4. The Morgan fingerprint density at radius 3 is 2.71 bits per heavy atom. The Bertz CT molecular complexity index is 581. The van der Waals surface area contributed by atoms with E-state index in [0.29, 0.717) is 18.5 Å². The molecule has 0 atom stereocenters. The first-order chi connectivity index (χ1) is 9.95. The largest absolute Gasteiger partial charge is 0.465 e. The number of benzene rings is 1. The van der Waals surface area contributed by atoms with Crippen molar-refractivity contribution in [2.24, 2.45) is 0 Å². The van der Waals surface area contributed by atoms with E-state index in [1.54, 1.807) is 12.2 Å². The fraction of sp³-hybridized carbons (Fsp3) is 0.286. The first-order valence-electron chi connectivity index (χ1n) is 6.23. The van der Waals surface area contributed by atoms with Crippen molar-refractivity contribution in [3.63, 3.8) is 0 Å². The summed E-state index contributed by atoms with van der Waals surface area (Å²) in [5.74, 6) is -0.755. The minimum atomic E-state index is -0.639. The van der Waals surface area contributed by atoms with Gasteiger partial charge in [0.2, 0.25) is 5.91 Å². The number of non-ortho nitro benzene ring substituents is 1. The number of methoxy groups -OCH3 is 1. The molecule has 1 N–H and O–H groups in total. The molecule has 0 heterocycles. The second-order valence-electron chi connectivity index (χ2n) is 4.19. The third kappa shape index (κ3) is 5.06. The van der Waals surface area contributed by atoms with Crippen molar-refractivity contribution >= 4 is 23.6 Å². The van der Waals surface area contributed by atoms with Crippen LogP contribution >= 0.6 is 0 Å². The highest BCUT2D eigenvalue weighted by Gasteiger charge is 2.15. The fourth-order valence-corrected chi connectivity index (χ4v) is 1.63. The van der Waals surface area contributed by atoms with Crippen LogP contribution in [0.15, 0.2) is 24.3 Å². The summed E-state index contributed by atoms with van der Waals surface area (Å²) in [6, 6.07) is 3.98. The predicted molar refractivity (Wildman–Crippen MR) is 76.8 cm³/mol. The van der Waals surface area contributed by atoms with Crippen LogP contribution in [0.2, 0.25) is 0 Å². The molecule has 0 saturated heterocycles. The molecule has 0 unspecified atom stereocenters. The quantitative estimate of drug-likeness (QED) is 0.374. The summed E-state index contributed by atoms with van der Waals surface area (Å²) in [6.07, 6.45) is 4.01. The van der Waals surface area contributed by atoms with E-state index < -0.39 is 10.9 Å². The second kappa shape index (κ2) is 7.78. The number of nitrogens with one attached hydrogen (secondary N) is 1. The third-order valence-electron chi connectivity index (χ3n) is 2.64. The van der Waals surface area contributed by atoms with Gasteiger partial charge in [0, 0.05) is 25.6 Å². The number of nitrogens with zero attached hydrogens (tertiary/aromatic N) is 1. The molecule has 1 aromatic rings. The first-order valence-corrected chi connectivity index (χ1v) is 6.23. The van der Waals surface area contributed by atoms with E-state index in [2.05, 4.69) is 10.1 Å². The number of nitro groups is 1. The van der Waals surface area contributed by atoms with Gasteiger partial charge >= 0.3 is 5.97 Å². The zero-order valence-corrected chi connectivity index (χ0v) is 11.8. The molecule has 0 aliphatic heterocycles. The van der Waals surface area contributed by atoms with E-state index in [9.17, 15) is 19.7 Å². The van der Waals surface area contributed by atoms with Gasteiger partial charge in [-0.1, -0.05) is 12.2 Å². The molecule has 1 amide bonds. The molecule has 0 saturated carbocycles. The molecule has 0 aromatic heterocycles. The Morgan fingerprint density at radius 1 is 1.43 bits per heavy atom. The number of rotatable bonds is 6. The van der Waals surface area contributed by atoms with Gasteiger partial charge in [0.1, 0.15) is 0 Å². The lowest BCUT2D eigenvalue weighted by Crippen LogP contribution is -2.20. The highest BCUT2D eigenvalue weighted by molar-refractivity contribution is 5.94. The summed E-state index contributed by atoms with van der Waals surface area (Å²) < 4.78 is 4.62. The zero-order chi connectivity index (χ0) is 15.8. The molecule has 7 nitrogen and oxygen atoms in total. The standard InChI is InChI=1S/C14H16N2O5/c1-10(17)15-8-4-3-5-11-6-7-12(16(19)20)9-13(11)14(18)21-2/h3,5-7,9H,4,8H2,1-2H3,(H,15,17). The summed E-state index contributed by atoms with van der Waals surface area (Å²) in [5, 5.41) is 13.4. The van der Waals surface area contributed by atoms with Gasteiger partial charge in [-0.15, -0.1) is 0 Å². The van der Waals surface area contributed by atoms with E-state index in [0.717, 1.165) is 0 Å². The van der Waals surface area contributed by atoms with Gasteiger partial charge in [-0.05, 0) is 18.1 Å². The van der Waals surface area contributed by atoms with E-state index in [1.807, 2.05) is 0 Å². The average Bonchev–Trinajstić information content (AvgIpc) is 2.45. The van der Waals surface area contributed by atoms with Crippen molar-refractivity contribution < 1.29 is 19.2 Å². The molecule has 7 heteroatoms. The molecular weight excluding hydrogens is 276 g/mol. The second-order valence-corrected chi connectivity index (χ2v) is 4.19. The number of amides is 1. The van der Waals surface area contributed by atoms with E-state index in [1.165, 1.54) is 32.2 Å². The van der Waals surface area contributed by atoms with Gasteiger partial charge in [-0.25, -0.2) is 4.79 Å². The Hall–Kier alpha value is -2.70. The van der Waals surface area contributed by atoms with Gasteiger partial charge < -0.3 is 10.1 Å². The lowest BCUT2D eigenvalue weighted by molar-refractivity contribution is -0.384. The van der Waals surface area contributed by atoms with Crippen molar-refractivity contribution in [1.29, 1.82) is 0 Å². The summed E-state index contributed by atoms with van der Waals surface area (Å²) in [7, 11) is 1.21. The molecule has 0 radical (unpaired) electrons. The minimum absolute atomic E-state index is 0.117. The molecular formula is C14H16N2O5.